The molecule has 8 nitrogen and oxygen atoms in total. The number of amides is 2. The van der Waals surface area contributed by atoms with Crippen molar-refractivity contribution in [3.63, 3.8) is 0 Å². The third-order valence-corrected chi connectivity index (χ3v) is 7.14. The summed E-state index contributed by atoms with van der Waals surface area (Å²) in [6.45, 7) is 6.36. The zero-order valence-electron chi connectivity index (χ0n) is 18.4. The molecule has 1 aromatic rings. The Morgan fingerprint density at radius 3 is 2.53 bits per heavy atom. The van der Waals surface area contributed by atoms with Crippen LogP contribution in [0.4, 0.5) is 0 Å². The van der Waals surface area contributed by atoms with Crippen molar-refractivity contribution >= 4 is 27.7 Å². The molecule has 9 heteroatoms. The van der Waals surface area contributed by atoms with Gasteiger partial charge >= 0.3 is 0 Å². The molecule has 0 spiro atoms. The van der Waals surface area contributed by atoms with Gasteiger partial charge in [-0.15, -0.1) is 0 Å². The molecule has 0 aromatic heterocycles. The summed E-state index contributed by atoms with van der Waals surface area (Å²) in [5.74, 6) is -0.604. The summed E-state index contributed by atoms with van der Waals surface area (Å²) in [6.07, 6.45) is 2.60. The highest BCUT2D eigenvalue weighted by atomic mass is 32.2. The van der Waals surface area contributed by atoms with E-state index in [1.54, 1.807) is 31.2 Å². The lowest BCUT2D eigenvalue weighted by Gasteiger charge is -2.31. The van der Waals surface area contributed by atoms with E-state index in [1.165, 1.54) is 0 Å². The Hall–Kier alpha value is -3.12. The minimum Gasteiger partial charge on any atom is -0.490 e. The Morgan fingerprint density at radius 1 is 1.19 bits per heavy atom. The highest BCUT2D eigenvalue weighted by molar-refractivity contribution is 7.91. The molecule has 170 valence electrons. The maximum Gasteiger partial charge on any atom is 0.271 e. The third kappa shape index (κ3) is 4.70. The number of hydrogen-bond donors (Lipinski definition) is 0. The molecule has 1 aromatic carbocycles. The fourth-order valence-electron chi connectivity index (χ4n) is 3.79. The van der Waals surface area contributed by atoms with E-state index >= 15 is 0 Å². The van der Waals surface area contributed by atoms with Gasteiger partial charge in [0.25, 0.3) is 11.8 Å². The molecule has 0 saturated carbocycles. The fraction of sp³-hybridized carbons (Fsp3) is 0.435. The normalized spacial score (nSPS) is 21.8. The van der Waals surface area contributed by atoms with Gasteiger partial charge in [-0.2, -0.15) is 5.26 Å². The van der Waals surface area contributed by atoms with Crippen LogP contribution >= 0.6 is 0 Å². The first-order valence-electron chi connectivity index (χ1n) is 10.5. The predicted molar refractivity (Wildman–Crippen MR) is 119 cm³/mol. The predicted octanol–water partition coefficient (Wildman–Crippen LogP) is 2.65. The van der Waals surface area contributed by atoms with Gasteiger partial charge in [-0.3, -0.25) is 14.5 Å². The van der Waals surface area contributed by atoms with Gasteiger partial charge in [0.1, 0.15) is 11.6 Å². The fourth-order valence-corrected chi connectivity index (χ4v) is 5.49. The van der Waals surface area contributed by atoms with Crippen LogP contribution in [-0.4, -0.2) is 55.9 Å². The number of nitriles is 1. The monoisotopic (exact) mass is 458 g/mol. The lowest BCUT2D eigenvalue weighted by Crippen LogP contribution is -2.49. The number of imide groups is 1. The smallest absolute Gasteiger partial charge is 0.271 e. The van der Waals surface area contributed by atoms with Crippen LogP contribution in [-0.2, 0) is 19.4 Å². The van der Waals surface area contributed by atoms with Crippen LogP contribution in [0.3, 0.4) is 0 Å². The first-order chi connectivity index (χ1) is 15.2. The third-order valence-electron chi connectivity index (χ3n) is 5.39. The number of carbonyl (C=O) groups excluding carboxylic acids is 2. The van der Waals surface area contributed by atoms with E-state index in [-0.39, 0.29) is 34.6 Å². The van der Waals surface area contributed by atoms with Crippen molar-refractivity contribution in [1.29, 1.82) is 5.26 Å². The first-order valence-corrected chi connectivity index (χ1v) is 12.4. The number of ether oxygens (including phenoxy) is 2. The summed E-state index contributed by atoms with van der Waals surface area (Å²) in [6, 6.07) is 6.34. The van der Waals surface area contributed by atoms with Gasteiger partial charge in [-0.25, -0.2) is 8.42 Å². The van der Waals surface area contributed by atoms with Gasteiger partial charge in [0.05, 0.1) is 30.8 Å². The molecule has 1 saturated heterocycles. The van der Waals surface area contributed by atoms with Crippen molar-refractivity contribution in [3.05, 3.63) is 40.5 Å². The first kappa shape index (κ1) is 23.5. The van der Waals surface area contributed by atoms with E-state index in [9.17, 15) is 23.3 Å². The van der Waals surface area contributed by atoms with Crippen LogP contribution in [0.2, 0.25) is 0 Å². The van der Waals surface area contributed by atoms with E-state index in [4.69, 9.17) is 9.47 Å². The quantitative estimate of drug-likeness (QED) is 0.456. The number of rotatable bonds is 7. The average molecular weight is 459 g/mol. The molecule has 2 aliphatic rings. The van der Waals surface area contributed by atoms with Crippen LogP contribution < -0.4 is 9.47 Å². The maximum atomic E-state index is 13.3. The van der Waals surface area contributed by atoms with Gasteiger partial charge < -0.3 is 9.47 Å². The molecular weight excluding hydrogens is 432 g/mol. The van der Waals surface area contributed by atoms with Gasteiger partial charge in [0.2, 0.25) is 0 Å². The summed E-state index contributed by atoms with van der Waals surface area (Å²) in [5.41, 5.74) is 0.915. The van der Waals surface area contributed by atoms with Gasteiger partial charge in [-0.1, -0.05) is 13.0 Å². The van der Waals surface area contributed by atoms with Crippen molar-refractivity contribution in [2.45, 2.75) is 39.7 Å². The zero-order chi connectivity index (χ0) is 23.5. The molecule has 1 unspecified atom stereocenters. The van der Waals surface area contributed by atoms with Gasteiger partial charge in [0, 0.05) is 5.57 Å². The van der Waals surface area contributed by atoms with Crippen molar-refractivity contribution < 1.29 is 27.5 Å². The van der Waals surface area contributed by atoms with Crippen molar-refractivity contribution in [1.82, 2.24) is 4.90 Å². The van der Waals surface area contributed by atoms with E-state index in [0.717, 1.165) is 11.3 Å². The zero-order valence-corrected chi connectivity index (χ0v) is 19.2. The summed E-state index contributed by atoms with van der Waals surface area (Å²) < 4.78 is 35.2. The molecule has 3 rings (SSSR count). The summed E-state index contributed by atoms with van der Waals surface area (Å²) in [5, 5.41) is 9.55. The summed E-state index contributed by atoms with van der Waals surface area (Å²) in [7, 11) is -3.33. The molecule has 2 amide bonds. The Labute approximate surface area is 188 Å². The average Bonchev–Trinajstić information content (AvgIpc) is 3.10. The summed E-state index contributed by atoms with van der Waals surface area (Å²) in [4.78, 5) is 27.0. The van der Waals surface area contributed by atoms with Crippen LogP contribution in [0.1, 0.15) is 39.2 Å². The minimum absolute atomic E-state index is 0.0880. The standard InChI is InChI=1S/C23H26N2O6S/c1-4-9-31-20-7-6-16(12-21(20)30-5-2)11-18-15(3)19(13-24)23(27)25(22(18)26)17-8-10-32(28,29)14-17/h6-7,11-12,17H,4-5,8-10,14H2,1-3H3/b18-11+. The number of nitrogens with zero attached hydrogens (tertiary/aromatic N) is 2. The van der Waals surface area contributed by atoms with Gasteiger partial charge in [0.15, 0.2) is 21.3 Å². The van der Waals surface area contributed by atoms with E-state index in [2.05, 4.69) is 0 Å². The molecule has 1 atom stereocenters. The van der Waals surface area contributed by atoms with Crippen LogP contribution in [0, 0.1) is 11.3 Å². The molecule has 0 radical (unpaired) electrons. The second kappa shape index (κ2) is 9.57. The minimum atomic E-state index is -3.33. The highest BCUT2D eigenvalue weighted by Gasteiger charge is 2.43. The lowest BCUT2D eigenvalue weighted by molar-refractivity contribution is -0.142. The van der Waals surface area contributed by atoms with E-state index in [1.807, 2.05) is 19.9 Å². The topological polar surface area (TPSA) is 114 Å². The number of carbonyl (C=O) groups is 2. The van der Waals surface area contributed by atoms with Crippen LogP contribution in [0.5, 0.6) is 11.5 Å². The molecule has 0 bridgehead atoms. The van der Waals surface area contributed by atoms with Crippen LogP contribution in [0.25, 0.3) is 6.08 Å². The van der Waals surface area contributed by atoms with Crippen molar-refractivity contribution in [2.75, 3.05) is 24.7 Å². The second-order valence-corrected chi connectivity index (χ2v) is 9.92. The maximum absolute atomic E-state index is 13.3. The van der Waals surface area contributed by atoms with Crippen molar-refractivity contribution in [3.8, 4) is 17.6 Å². The van der Waals surface area contributed by atoms with E-state index < -0.39 is 27.7 Å². The highest BCUT2D eigenvalue weighted by Crippen LogP contribution is 2.33. The molecular formula is C23H26N2O6S. The molecule has 2 heterocycles. The largest absolute Gasteiger partial charge is 0.490 e. The number of benzene rings is 1. The molecule has 2 aliphatic heterocycles. The van der Waals surface area contributed by atoms with E-state index in [0.29, 0.717) is 30.3 Å². The number of hydrogen-bond acceptors (Lipinski definition) is 7. The lowest BCUT2D eigenvalue weighted by atomic mass is 9.92. The Balaban J connectivity index is 2.04. The molecule has 0 aliphatic carbocycles. The molecule has 0 N–H and O–H groups in total. The second-order valence-electron chi connectivity index (χ2n) is 7.69. The SMILES string of the molecule is CCCOc1ccc(/C=C2/C(=O)N(C3CCS(=O)(=O)C3)C(=O)C(C#N)=C2C)cc1OCC. The molecule has 32 heavy (non-hydrogen) atoms. The van der Waals surface area contributed by atoms with Gasteiger partial charge in [-0.05, 0) is 56.0 Å². The Morgan fingerprint density at radius 2 is 1.94 bits per heavy atom. The van der Waals surface area contributed by atoms with Crippen LogP contribution in [0.15, 0.2) is 34.9 Å². The Bertz CT molecular complexity index is 1140. The summed E-state index contributed by atoms with van der Waals surface area (Å²) >= 11 is 0. The molecule has 1 fully saturated rings. The van der Waals surface area contributed by atoms with Crippen molar-refractivity contribution in [2.24, 2.45) is 0 Å². The number of sulfone groups is 1. The Kier molecular flexibility index (Phi) is 7.04.